The molecule has 1 atom stereocenters. The van der Waals surface area contributed by atoms with E-state index in [9.17, 15) is 13.2 Å². The molecule has 130 valence electrons. The lowest BCUT2D eigenvalue weighted by Crippen LogP contribution is -2.26. The first-order valence-corrected chi connectivity index (χ1v) is 9.55. The maximum Gasteiger partial charge on any atom is 0.247 e. The summed E-state index contributed by atoms with van der Waals surface area (Å²) in [6, 6.07) is 12.1. The van der Waals surface area contributed by atoms with E-state index in [0.29, 0.717) is 23.5 Å². The van der Waals surface area contributed by atoms with Crippen molar-refractivity contribution in [3.05, 3.63) is 59.9 Å². The fourth-order valence-corrected chi connectivity index (χ4v) is 3.63. The van der Waals surface area contributed by atoms with Gasteiger partial charge in [-0.05, 0) is 29.8 Å². The second-order valence-corrected chi connectivity index (χ2v) is 7.66. The molecule has 0 fully saturated rings. The van der Waals surface area contributed by atoms with Crippen LogP contribution in [-0.2, 0) is 14.8 Å². The summed E-state index contributed by atoms with van der Waals surface area (Å²) in [7, 11) is -3.53. The minimum absolute atomic E-state index is 0.172. The van der Waals surface area contributed by atoms with Crippen molar-refractivity contribution >= 4 is 27.3 Å². The Morgan fingerprint density at radius 2 is 2.04 bits per heavy atom. The van der Waals surface area contributed by atoms with Crippen LogP contribution in [0.15, 0.2) is 53.8 Å². The summed E-state index contributed by atoms with van der Waals surface area (Å²) in [5.74, 6) is -0.172. The van der Waals surface area contributed by atoms with E-state index in [2.05, 4.69) is 15.4 Å². The van der Waals surface area contributed by atoms with Crippen LogP contribution >= 0.6 is 0 Å². The number of benzene rings is 1. The Morgan fingerprint density at radius 1 is 1.24 bits per heavy atom. The predicted molar refractivity (Wildman–Crippen MR) is 95.6 cm³/mol. The van der Waals surface area contributed by atoms with E-state index in [4.69, 9.17) is 0 Å². The van der Waals surface area contributed by atoms with Gasteiger partial charge < -0.3 is 5.32 Å². The zero-order valence-electron chi connectivity index (χ0n) is 13.9. The molecule has 0 saturated carbocycles. The van der Waals surface area contributed by atoms with E-state index >= 15 is 0 Å². The Balaban J connectivity index is 1.97. The van der Waals surface area contributed by atoms with Crippen LogP contribution in [0.4, 0.5) is 5.69 Å². The van der Waals surface area contributed by atoms with Gasteiger partial charge in [0.2, 0.25) is 15.9 Å². The molecule has 0 saturated heterocycles. The Hall–Kier alpha value is -2.74. The standard InChI is InChI=1S/C17H18N4O3S/c1-12(22)19-14-7-5-6-13(10-14)16-11-17(15-8-3-4-9-18-15)21(20-16)25(2,23)24/h3-10,17H,11H2,1-2H3,(H,19,22)/t17-/m1/s1. The highest BCUT2D eigenvalue weighted by atomic mass is 32.2. The van der Waals surface area contributed by atoms with Crippen LogP contribution in [0.5, 0.6) is 0 Å². The van der Waals surface area contributed by atoms with Gasteiger partial charge in [0.1, 0.15) is 6.04 Å². The number of aromatic nitrogens is 1. The Labute approximate surface area is 146 Å². The van der Waals surface area contributed by atoms with Gasteiger partial charge in [-0.1, -0.05) is 18.2 Å². The van der Waals surface area contributed by atoms with Gasteiger partial charge in [-0.3, -0.25) is 9.78 Å². The van der Waals surface area contributed by atoms with Crippen molar-refractivity contribution < 1.29 is 13.2 Å². The number of sulfonamides is 1. The number of carbonyl (C=O) groups excluding carboxylic acids is 1. The first kappa shape index (κ1) is 17.1. The fraction of sp³-hybridized carbons (Fsp3) is 0.235. The Kier molecular flexibility index (Phi) is 4.54. The number of pyridine rings is 1. The van der Waals surface area contributed by atoms with Gasteiger partial charge in [-0.15, -0.1) is 0 Å². The molecule has 0 aliphatic carbocycles. The number of rotatable bonds is 4. The smallest absolute Gasteiger partial charge is 0.247 e. The minimum Gasteiger partial charge on any atom is -0.326 e. The number of hydrogen-bond donors (Lipinski definition) is 1. The summed E-state index contributed by atoms with van der Waals surface area (Å²) < 4.78 is 25.4. The van der Waals surface area contributed by atoms with Crippen molar-refractivity contribution in [2.45, 2.75) is 19.4 Å². The number of hydrogen-bond acceptors (Lipinski definition) is 5. The molecule has 0 spiro atoms. The number of nitrogens with zero attached hydrogens (tertiary/aromatic N) is 3. The molecular weight excluding hydrogens is 340 g/mol. The molecule has 1 N–H and O–H groups in total. The largest absolute Gasteiger partial charge is 0.326 e. The van der Waals surface area contributed by atoms with Crippen molar-refractivity contribution in [1.82, 2.24) is 9.40 Å². The van der Waals surface area contributed by atoms with Gasteiger partial charge >= 0.3 is 0 Å². The molecule has 0 unspecified atom stereocenters. The van der Waals surface area contributed by atoms with E-state index in [-0.39, 0.29) is 5.91 Å². The van der Waals surface area contributed by atoms with Crippen LogP contribution in [-0.4, -0.2) is 35.7 Å². The van der Waals surface area contributed by atoms with Gasteiger partial charge in [0, 0.05) is 25.2 Å². The SMILES string of the molecule is CC(=O)Nc1cccc(C2=NN(S(C)(=O)=O)[C@@H](c3ccccn3)C2)c1. The molecule has 3 rings (SSSR count). The molecule has 7 nitrogen and oxygen atoms in total. The highest BCUT2D eigenvalue weighted by Gasteiger charge is 2.35. The highest BCUT2D eigenvalue weighted by molar-refractivity contribution is 7.88. The van der Waals surface area contributed by atoms with Crippen molar-refractivity contribution in [2.75, 3.05) is 11.6 Å². The molecule has 2 heterocycles. The third-order valence-corrected chi connectivity index (χ3v) is 4.77. The van der Waals surface area contributed by atoms with Gasteiger partial charge in [-0.25, -0.2) is 8.42 Å². The summed E-state index contributed by atoms with van der Waals surface area (Å²) in [4.78, 5) is 15.5. The number of amides is 1. The maximum absolute atomic E-state index is 12.1. The molecule has 8 heteroatoms. The molecule has 1 aliphatic rings. The molecule has 1 aromatic carbocycles. The topological polar surface area (TPSA) is 91.7 Å². The predicted octanol–water partition coefficient (Wildman–Crippen LogP) is 2.15. The molecule has 2 aromatic rings. The summed E-state index contributed by atoms with van der Waals surface area (Å²) in [5.41, 5.74) is 2.68. The van der Waals surface area contributed by atoms with Crippen molar-refractivity contribution in [3.8, 4) is 0 Å². The summed E-state index contributed by atoms with van der Waals surface area (Å²) in [5, 5.41) is 7.03. The number of nitrogens with one attached hydrogen (secondary N) is 1. The van der Waals surface area contributed by atoms with E-state index in [1.165, 1.54) is 6.92 Å². The average molecular weight is 358 g/mol. The summed E-state index contributed by atoms with van der Waals surface area (Å²) in [6.07, 6.45) is 3.17. The van der Waals surface area contributed by atoms with E-state index < -0.39 is 16.1 Å². The van der Waals surface area contributed by atoms with Gasteiger partial charge in [0.05, 0.1) is 17.7 Å². The van der Waals surface area contributed by atoms with Crippen molar-refractivity contribution in [3.63, 3.8) is 0 Å². The lowest BCUT2D eigenvalue weighted by atomic mass is 10.0. The number of carbonyl (C=O) groups is 1. The lowest BCUT2D eigenvalue weighted by Gasteiger charge is -2.20. The quantitative estimate of drug-likeness (QED) is 0.906. The van der Waals surface area contributed by atoms with Crippen LogP contribution < -0.4 is 5.32 Å². The van der Waals surface area contributed by atoms with E-state index in [0.717, 1.165) is 16.2 Å². The van der Waals surface area contributed by atoms with Crippen LogP contribution in [0.25, 0.3) is 0 Å². The molecule has 25 heavy (non-hydrogen) atoms. The summed E-state index contributed by atoms with van der Waals surface area (Å²) in [6.45, 7) is 1.43. The molecule has 1 aliphatic heterocycles. The highest BCUT2D eigenvalue weighted by Crippen LogP contribution is 2.33. The van der Waals surface area contributed by atoms with Crippen LogP contribution in [0.1, 0.15) is 30.6 Å². The second-order valence-electron chi connectivity index (χ2n) is 5.82. The zero-order chi connectivity index (χ0) is 18.0. The molecule has 1 aromatic heterocycles. The van der Waals surface area contributed by atoms with Crippen LogP contribution in [0.3, 0.4) is 0 Å². The third-order valence-electron chi connectivity index (χ3n) is 3.76. The molecule has 1 amide bonds. The Morgan fingerprint density at radius 3 is 2.68 bits per heavy atom. The first-order valence-electron chi connectivity index (χ1n) is 7.70. The second kappa shape index (κ2) is 6.64. The fourth-order valence-electron chi connectivity index (χ4n) is 2.74. The monoisotopic (exact) mass is 358 g/mol. The first-order chi connectivity index (χ1) is 11.8. The third kappa shape index (κ3) is 3.85. The van der Waals surface area contributed by atoms with Crippen molar-refractivity contribution in [1.29, 1.82) is 0 Å². The average Bonchev–Trinajstić information content (AvgIpc) is 3.01. The molecule has 0 bridgehead atoms. The Bertz CT molecular complexity index is 926. The van der Waals surface area contributed by atoms with Gasteiger partial charge in [0.15, 0.2) is 0 Å². The van der Waals surface area contributed by atoms with Crippen molar-refractivity contribution in [2.24, 2.45) is 5.10 Å². The van der Waals surface area contributed by atoms with Crippen LogP contribution in [0, 0.1) is 0 Å². The number of anilines is 1. The summed E-state index contributed by atoms with van der Waals surface area (Å²) >= 11 is 0. The van der Waals surface area contributed by atoms with Gasteiger partial charge in [-0.2, -0.15) is 9.52 Å². The zero-order valence-corrected chi connectivity index (χ0v) is 14.7. The minimum atomic E-state index is -3.53. The maximum atomic E-state index is 12.1. The van der Waals surface area contributed by atoms with E-state index in [1.807, 2.05) is 12.1 Å². The lowest BCUT2D eigenvalue weighted by molar-refractivity contribution is -0.114. The normalized spacial score (nSPS) is 17.3. The molecular formula is C17H18N4O3S. The molecule has 0 radical (unpaired) electrons. The van der Waals surface area contributed by atoms with E-state index in [1.54, 1.807) is 36.5 Å². The van der Waals surface area contributed by atoms with Gasteiger partial charge in [0.25, 0.3) is 0 Å². The number of hydrazone groups is 1. The van der Waals surface area contributed by atoms with Crippen LogP contribution in [0.2, 0.25) is 0 Å².